The van der Waals surface area contributed by atoms with E-state index in [4.69, 9.17) is 4.74 Å². The van der Waals surface area contributed by atoms with Crippen molar-refractivity contribution >= 4 is 17.7 Å². The fourth-order valence-electron chi connectivity index (χ4n) is 2.60. The quantitative estimate of drug-likeness (QED) is 0.744. The van der Waals surface area contributed by atoms with E-state index in [0.29, 0.717) is 5.69 Å². The number of halogens is 3. The Bertz CT molecular complexity index is 824. The molecule has 27 heavy (non-hydrogen) atoms. The Balaban J connectivity index is 0.00000126. The maximum Gasteiger partial charge on any atom is 0.417 e. The normalized spacial score (nSPS) is 12.7. The molecule has 0 fully saturated rings. The molecule has 0 spiro atoms. The third kappa shape index (κ3) is 4.90. The van der Waals surface area contributed by atoms with Crippen LogP contribution in [0.15, 0.2) is 48.0 Å². The molecule has 1 N–H and O–H groups in total. The minimum Gasteiger partial charge on any atom is -0.488 e. The predicted octanol–water partition coefficient (Wildman–Crippen LogP) is 5.71. The first-order valence-electron chi connectivity index (χ1n) is 8.82. The summed E-state index contributed by atoms with van der Waals surface area (Å²) in [6.07, 6.45) is -2.39. The summed E-state index contributed by atoms with van der Waals surface area (Å²) in [5.74, 6) is -0.356. The summed E-state index contributed by atoms with van der Waals surface area (Å²) in [6.45, 7) is 5.95. The van der Waals surface area contributed by atoms with Crippen molar-refractivity contribution in [1.29, 1.82) is 0 Å². The van der Waals surface area contributed by atoms with Crippen LogP contribution in [0.2, 0.25) is 0 Å². The fourth-order valence-corrected chi connectivity index (χ4v) is 2.60. The molecular weight excluding hydrogens is 355 g/mol. The van der Waals surface area contributed by atoms with Crippen LogP contribution < -0.4 is 10.1 Å². The van der Waals surface area contributed by atoms with Crippen molar-refractivity contribution in [3.8, 4) is 5.75 Å². The maximum absolute atomic E-state index is 13.1. The monoisotopic (exact) mass is 377 g/mol. The molecule has 3 nitrogen and oxygen atoms in total. The zero-order valence-corrected chi connectivity index (χ0v) is 15.5. The highest BCUT2D eigenvalue weighted by molar-refractivity contribution is 6.07. The molecule has 0 unspecified atom stereocenters. The molecular formula is C21H22F3NO2. The summed E-state index contributed by atoms with van der Waals surface area (Å²) in [5.41, 5.74) is 0.916. The number of carbonyl (C=O) groups is 1. The van der Waals surface area contributed by atoms with Gasteiger partial charge in [0.1, 0.15) is 12.4 Å². The Kier molecular flexibility index (Phi) is 6.66. The highest BCUT2D eigenvalue weighted by Crippen LogP contribution is 2.39. The molecule has 144 valence electrons. The molecule has 0 radical (unpaired) electrons. The number of ether oxygens (including phenoxy) is 1. The lowest BCUT2D eigenvalue weighted by molar-refractivity contribution is -0.137. The first-order chi connectivity index (χ1) is 12.9. The van der Waals surface area contributed by atoms with E-state index in [1.54, 1.807) is 12.1 Å². The van der Waals surface area contributed by atoms with Crippen LogP contribution in [0.3, 0.4) is 0 Å². The van der Waals surface area contributed by atoms with Gasteiger partial charge in [-0.25, -0.2) is 0 Å². The van der Waals surface area contributed by atoms with Crippen LogP contribution in [0.5, 0.6) is 5.75 Å². The van der Waals surface area contributed by atoms with E-state index in [-0.39, 0.29) is 23.5 Å². The van der Waals surface area contributed by atoms with Crippen LogP contribution in [0.1, 0.15) is 37.5 Å². The van der Waals surface area contributed by atoms with Gasteiger partial charge in [0, 0.05) is 11.3 Å². The minimum atomic E-state index is -4.51. The van der Waals surface area contributed by atoms with Crippen LogP contribution >= 0.6 is 0 Å². The Hall–Kier alpha value is -2.76. The number of amides is 1. The van der Waals surface area contributed by atoms with Crippen LogP contribution in [0.4, 0.5) is 18.9 Å². The molecule has 2 aromatic rings. The minimum absolute atomic E-state index is 0.0762. The average molecular weight is 377 g/mol. The molecule has 0 saturated carbocycles. The van der Waals surface area contributed by atoms with Gasteiger partial charge in [-0.15, -0.1) is 0 Å². The number of fused-ring (bicyclic) bond motifs is 1. The van der Waals surface area contributed by atoms with Crippen molar-refractivity contribution in [1.82, 2.24) is 0 Å². The second-order valence-corrected chi connectivity index (χ2v) is 5.68. The molecule has 6 heteroatoms. The van der Waals surface area contributed by atoms with E-state index in [0.717, 1.165) is 18.1 Å². The lowest BCUT2D eigenvalue weighted by atomic mass is 10.0. The zero-order chi connectivity index (χ0) is 20.0. The standard InChI is InChI=1S/C19H16F3NO2.C2H6/c1-2-12-6-8-14(9-7-12)23-18(24)13-10-15-16(19(20,21)22)4-3-5-17(15)25-11-13;1-2/h3-10H,2,11H2,1H3,(H,23,24);1-2H3. The zero-order valence-electron chi connectivity index (χ0n) is 15.5. The molecule has 0 aliphatic carbocycles. The third-order valence-electron chi connectivity index (χ3n) is 3.98. The Morgan fingerprint density at radius 2 is 1.78 bits per heavy atom. The largest absolute Gasteiger partial charge is 0.488 e. The van der Waals surface area contributed by atoms with Gasteiger partial charge in [0.05, 0.1) is 11.1 Å². The number of carbonyl (C=O) groups excluding carboxylic acids is 1. The molecule has 0 bridgehead atoms. The average Bonchev–Trinajstić information content (AvgIpc) is 2.68. The summed E-state index contributed by atoms with van der Waals surface area (Å²) >= 11 is 0. The van der Waals surface area contributed by atoms with Crippen molar-refractivity contribution in [2.75, 3.05) is 11.9 Å². The highest BCUT2D eigenvalue weighted by Gasteiger charge is 2.35. The summed E-state index contributed by atoms with van der Waals surface area (Å²) < 4.78 is 44.7. The number of hydrogen-bond acceptors (Lipinski definition) is 2. The van der Waals surface area contributed by atoms with Crippen LogP contribution in [-0.4, -0.2) is 12.5 Å². The van der Waals surface area contributed by atoms with E-state index in [1.807, 2.05) is 32.9 Å². The SMILES string of the molecule is CC.CCc1ccc(NC(=O)C2=Cc3c(cccc3C(F)(F)F)OC2)cc1. The van der Waals surface area contributed by atoms with Crippen molar-refractivity contribution in [3.05, 3.63) is 64.7 Å². The number of benzene rings is 2. The first-order valence-corrected chi connectivity index (χ1v) is 8.82. The second kappa shape index (κ2) is 8.75. The van der Waals surface area contributed by atoms with Gasteiger partial charge in [-0.2, -0.15) is 13.2 Å². The van der Waals surface area contributed by atoms with Gasteiger partial charge >= 0.3 is 6.18 Å². The third-order valence-corrected chi connectivity index (χ3v) is 3.98. The lowest BCUT2D eigenvalue weighted by Gasteiger charge is -2.21. The van der Waals surface area contributed by atoms with E-state index in [1.165, 1.54) is 18.2 Å². The van der Waals surface area contributed by atoms with E-state index in [2.05, 4.69) is 5.32 Å². The molecule has 1 heterocycles. The number of anilines is 1. The van der Waals surface area contributed by atoms with Gasteiger partial charge in [-0.05, 0) is 42.3 Å². The van der Waals surface area contributed by atoms with Crippen molar-refractivity contribution < 1.29 is 22.7 Å². The molecule has 3 rings (SSSR count). The van der Waals surface area contributed by atoms with Gasteiger partial charge in [0.15, 0.2) is 0 Å². The van der Waals surface area contributed by atoms with Crippen LogP contribution in [0, 0.1) is 0 Å². The molecule has 1 aliphatic heterocycles. The Labute approximate surface area is 156 Å². The van der Waals surface area contributed by atoms with Gasteiger partial charge in [0.25, 0.3) is 5.91 Å². The summed E-state index contributed by atoms with van der Waals surface area (Å²) in [5, 5.41) is 2.68. The lowest BCUT2D eigenvalue weighted by Crippen LogP contribution is -2.22. The van der Waals surface area contributed by atoms with Crippen molar-refractivity contribution in [2.24, 2.45) is 0 Å². The summed E-state index contributed by atoms with van der Waals surface area (Å²) in [6, 6.07) is 11.0. The number of aryl methyl sites for hydroxylation is 1. The van der Waals surface area contributed by atoms with E-state index >= 15 is 0 Å². The highest BCUT2D eigenvalue weighted by atomic mass is 19.4. The van der Waals surface area contributed by atoms with Gasteiger partial charge in [-0.1, -0.05) is 39.0 Å². The molecule has 1 amide bonds. The van der Waals surface area contributed by atoms with Crippen molar-refractivity contribution in [2.45, 2.75) is 33.4 Å². The molecule has 0 atom stereocenters. The van der Waals surface area contributed by atoms with E-state index < -0.39 is 17.6 Å². The second-order valence-electron chi connectivity index (χ2n) is 5.68. The number of hydrogen-bond donors (Lipinski definition) is 1. The molecule has 0 aromatic heterocycles. The van der Waals surface area contributed by atoms with E-state index in [9.17, 15) is 18.0 Å². The van der Waals surface area contributed by atoms with Gasteiger partial charge in [-0.3, -0.25) is 4.79 Å². The smallest absolute Gasteiger partial charge is 0.417 e. The first kappa shape index (κ1) is 20.6. The molecule has 1 aliphatic rings. The predicted molar refractivity (Wildman–Crippen MR) is 101 cm³/mol. The van der Waals surface area contributed by atoms with Crippen LogP contribution in [-0.2, 0) is 17.4 Å². The fraction of sp³-hybridized carbons (Fsp3) is 0.286. The van der Waals surface area contributed by atoms with Crippen LogP contribution in [0.25, 0.3) is 6.08 Å². The molecule has 2 aromatic carbocycles. The van der Waals surface area contributed by atoms with Gasteiger partial charge < -0.3 is 10.1 Å². The van der Waals surface area contributed by atoms with Gasteiger partial charge in [0.2, 0.25) is 0 Å². The Morgan fingerprint density at radius 3 is 2.37 bits per heavy atom. The number of rotatable bonds is 3. The van der Waals surface area contributed by atoms with Crippen molar-refractivity contribution in [3.63, 3.8) is 0 Å². The summed E-state index contributed by atoms with van der Waals surface area (Å²) in [4.78, 5) is 12.4. The Morgan fingerprint density at radius 1 is 1.11 bits per heavy atom. The number of alkyl halides is 3. The topological polar surface area (TPSA) is 38.3 Å². The summed E-state index contributed by atoms with van der Waals surface area (Å²) in [7, 11) is 0. The molecule has 0 saturated heterocycles. The number of nitrogens with one attached hydrogen (secondary N) is 1. The maximum atomic E-state index is 13.1.